The van der Waals surface area contributed by atoms with E-state index in [0.29, 0.717) is 45.9 Å². The number of carbonyl (C=O) groups is 1. The molecule has 8 heteroatoms. The molecule has 0 aliphatic rings. The van der Waals surface area contributed by atoms with Gasteiger partial charge in [0.1, 0.15) is 6.61 Å². The lowest BCUT2D eigenvalue weighted by Crippen LogP contribution is -2.12. The zero-order valence-corrected chi connectivity index (χ0v) is 19.3. The minimum Gasteiger partial charge on any atom is -0.493 e. The van der Waals surface area contributed by atoms with Crippen molar-refractivity contribution in [3.05, 3.63) is 106 Å². The summed E-state index contributed by atoms with van der Waals surface area (Å²) in [6.07, 6.45) is 3.31. The third-order valence-electron chi connectivity index (χ3n) is 4.93. The van der Waals surface area contributed by atoms with E-state index < -0.39 is 0 Å². The largest absolute Gasteiger partial charge is 0.493 e. The average molecular weight is 482 g/mol. The molecule has 0 atom stereocenters. The lowest BCUT2D eigenvalue weighted by molar-refractivity contribution is 0.102. The first-order valence-electron chi connectivity index (χ1n) is 10.1. The van der Waals surface area contributed by atoms with Gasteiger partial charge in [0.05, 0.1) is 25.5 Å². The number of halogens is 2. The second-order valence-electron chi connectivity index (χ2n) is 7.22. The second-order valence-corrected chi connectivity index (χ2v) is 8.04. The van der Waals surface area contributed by atoms with E-state index >= 15 is 0 Å². The van der Waals surface area contributed by atoms with Gasteiger partial charge in [-0.2, -0.15) is 5.10 Å². The number of nitrogens with zero attached hydrogens (tertiary/aromatic N) is 2. The fourth-order valence-corrected chi connectivity index (χ4v) is 3.78. The van der Waals surface area contributed by atoms with E-state index in [4.69, 9.17) is 32.7 Å². The first-order chi connectivity index (χ1) is 16.0. The maximum Gasteiger partial charge on any atom is 0.255 e. The van der Waals surface area contributed by atoms with E-state index in [-0.39, 0.29) is 5.91 Å². The van der Waals surface area contributed by atoms with Crippen LogP contribution in [0.3, 0.4) is 0 Å². The molecule has 33 heavy (non-hydrogen) atoms. The Morgan fingerprint density at radius 1 is 1.00 bits per heavy atom. The Morgan fingerprint density at radius 2 is 1.73 bits per heavy atom. The van der Waals surface area contributed by atoms with Crippen molar-refractivity contribution >= 4 is 34.8 Å². The number of rotatable bonds is 8. The van der Waals surface area contributed by atoms with Gasteiger partial charge in [-0.15, -0.1) is 0 Å². The van der Waals surface area contributed by atoms with Crippen LogP contribution in [-0.2, 0) is 13.2 Å². The number of benzene rings is 3. The molecule has 4 aromatic rings. The van der Waals surface area contributed by atoms with E-state index in [1.54, 1.807) is 54.5 Å². The van der Waals surface area contributed by atoms with Crippen molar-refractivity contribution in [3.63, 3.8) is 0 Å². The summed E-state index contributed by atoms with van der Waals surface area (Å²) in [7, 11) is 1.60. The Kier molecular flexibility index (Phi) is 7.17. The van der Waals surface area contributed by atoms with Gasteiger partial charge in [-0.05, 0) is 42.0 Å². The van der Waals surface area contributed by atoms with Crippen LogP contribution in [0.25, 0.3) is 0 Å². The Hall–Kier alpha value is -3.48. The van der Waals surface area contributed by atoms with E-state index in [1.807, 2.05) is 36.4 Å². The lowest BCUT2D eigenvalue weighted by Gasteiger charge is -2.11. The summed E-state index contributed by atoms with van der Waals surface area (Å²) in [5.74, 6) is 1.05. The Bertz CT molecular complexity index is 1250. The molecule has 0 aliphatic heterocycles. The molecule has 3 aromatic carbocycles. The third kappa shape index (κ3) is 5.66. The highest BCUT2D eigenvalue weighted by Gasteiger charge is 2.11. The molecule has 6 nitrogen and oxygen atoms in total. The van der Waals surface area contributed by atoms with Gasteiger partial charge in [-0.3, -0.25) is 9.48 Å². The molecule has 0 unspecified atom stereocenters. The fraction of sp³-hybridized carbons (Fsp3) is 0.120. The molecule has 0 aliphatic carbocycles. The number of methoxy groups -OCH3 is 1. The van der Waals surface area contributed by atoms with Crippen LogP contribution in [0, 0.1) is 0 Å². The van der Waals surface area contributed by atoms with E-state index in [2.05, 4.69) is 10.4 Å². The molecule has 0 radical (unpaired) electrons. The van der Waals surface area contributed by atoms with Crippen LogP contribution >= 0.6 is 23.2 Å². The number of hydrogen-bond donors (Lipinski definition) is 1. The van der Waals surface area contributed by atoms with Gasteiger partial charge in [0, 0.05) is 27.4 Å². The van der Waals surface area contributed by atoms with Crippen molar-refractivity contribution in [2.75, 3.05) is 12.4 Å². The van der Waals surface area contributed by atoms with Crippen LogP contribution in [-0.4, -0.2) is 22.8 Å². The normalized spacial score (nSPS) is 10.6. The summed E-state index contributed by atoms with van der Waals surface area (Å²) in [6, 6.07) is 20.0. The zero-order valence-electron chi connectivity index (χ0n) is 17.8. The average Bonchev–Trinajstić information content (AvgIpc) is 3.27. The van der Waals surface area contributed by atoms with E-state index in [0.717, 1.165) is 11.1 Å². The molecule has 0 saturated carbocycles. The van der Waals surface area contributed by atoms with E-state index in [9.17, 15) is 4.79 Å². The highest BCUT2D eigenvalue weighted by molar-refractivity contribution is 6.35. The van der Waals surface area contributed by atoms with Crippen LogP contribution in [0.15, 0.2) is 79.1 Å². The predicted molar refractivity (Wildman–Crippen MR) is 130 cm³/mol. The molecular weight excluding hydrogens is 461 g/mol. The maximum absolute atomic E-state index is 12.8. The summed E-state index contributed by atoms with van der Waals surface area (Å²) in [5, 5.41) is 8.28. The van der Waals surface area contributed by atoms with Crippen molar-refractivity contribution in [2.24, 2.45) is 0 Å². The second kappa shape index (κ2) is 10.4. The topological polar surface area (TPSA) is 65.4 Å². The number of aromatic nitrogens is 2. The smallest absolute Gasteiger partial charge is 0.255 e. The molecule has 0 bridgehead atoms. The third-order valence-corrected chi connectivity index (χ3v) is 5.63. The van der Waals surface area contributed by atoms with Crippen LogP contribution in [0.5, 0.6) is 11.5 Å². The molecule has 168 valence electrons. The lowest BCUT2D eigenvalue weighted by atomic mass is 10.1. The molecule has 1 amide bonds. The van der Waals surface area contributed by atoms with Gasteiger partial charge in [-0.1, -0.05) is 53.5 Å². The number of para-hydroxylation sites is 2. The molecule has 0 spiro atoms. The van der Waals surface area contributed by atoms with Crippen LogP contribution in [0.4, 0.5) is 5.69 Å². The highest BCUT2D eigenvalue weighted by Crippen LogP contribution is 2.27. The number of carbonyl (C=O) groups excluding carboxylic acids is 1. The Morgan fingerprint density at radius 3 is 2.48 bits per heavy atom. The number of anilines is 1. The summed E-state index contributed by atoms with van der Waals surface area (Å²) in [4.78, 5) is 12.8. The monoisotopic (exact) mass is 481 g/mol. The molecule has 0 saturated heterocycles. The minimum absolute atomic E-state index is 0.246. The minimum atomic E-state index is -0.246. The predicted octanol–water partition coefficient (Wildman–Crippen LogP) is 6.08. The summed E-state index contributed by atoms with van der Waals surface area (Å²) >= 11 is 12.5. The maximum atomic E-state index is 12.8. The van der Waals surface area contributed by atoms with Gasteiger partial charge < -0.3 is 14.8 Å². The van der Waals surface area contributed by atoms with Crippen LogP contribution in [0.1, 0.15) is 21.5 Å². The first kappa shape index (κ1) is 22.7. The zero-order chi connectivity index (χ0) is 23.2. The molecule has 1 heterocycles. The number of nitrogens with one attached hydrogen (secondary N) is 1. The van der Waals surface area contributed by atoms with Gasteiger partial charge in [0.15, 0.2) is 11.5 Å². The van der Waals surface area contributed by atoms with Gasteiger partial charge >= 0.3 is 0 Å². The molecular formula is C25H21Cl2N3O3. The van der Waals surface area contributed by atoms with E-state index in [1.165, 1.54) is 0 Å². The standard InChI is InChI=1S/C25H21Cl2N3O3/c1-32-23-10-2-3-11-24(23)33-16-17-6-4-7-18(12-17)25(31)29-19-13-28-30(14-19)15-20-21(26)8-5-9-22(20)27/h2-14H,15-16H2,1H3,(H,29,31). The number of ether oxygens (including phenoxy) is 2. The quantitative estimate of drug-likeness (QED) is 0.331. The van der Waals surface area contributed by atoms with Crippen molar-refractivity contribution in [1.82, 2.24) is 9.78 Å². The van der Waals surface area contributed by atoms with Crippen molar-refractivity contribution in [3.8, 4) is 11.5 Å². The molecule has 1 aromatic heterocycles. The Balaban J connectivity index is 1.40. The molecule has 4 rings (SSSR count). The summed E-state index contributed by atoms with van der Waals surface area (Å²) < 4.78 is 12.8. The number of hydrogen-bond acceptors (Lipinski definition) is 4. The highest BCUT2D eigenvalue weighted by atomic mass is 35.5. The van der Waals surface area contributed by atoms with Crippen molar-refractivity contribution in [2.45, 2.75) is 13.2 Å². The van der Waals surface area contributed by atoms with Crippen LogP contribution in [0.2, 0.25) is 10.0 Å². The van der Waals surface area contributed by atoms with Gasteiger partial charge in [-0.25, -0.2) is 0 Å². The fourth-order valence-electron chi connectivity index (χ4n) is 3.26. The van der Waals surface area contributed by atoms with Crippen molar-refractivity contribution in [1.29, 1.82) is 0 Å². The van der Waals surface area contributed by atoms with Gasteiger partial charge in [0.25, 0.3) is 5.91 Å². The SMILES string of the molecule is COc1ccccc1OCc1cccc(C(=O)Nc2cnn(Cc3c(Cl)cccc3Cl)c2)c1. The summed E-state index contributed by atoms with van der Waals surface area (Å²) in [6.45, 7) is 0.697. The summed E-state index contributed by atoms with van der Waals surface area (Å²) in [5.41, 5.74) is 2.71. The van der Waals surface area contributed by atoms with Crippen molar-refractivity contribution < 1.29 is 14.3 Å². The van der Waals surface area contributed by atoms with Crippen LogP contribution < -0.4 is 14.8 Å². The molecule has 0 fully saturated rings. The number of amides is 1. The first-order valence-corrected chi connectivity index (χ1v) is 10.9. The van der Waals surface area contributed by atoms with Gasteiger partial charge in [0.2, 0.25) is 0 Å². The molecule has 1 N–H and O–H groups in total. The Labute approximate surface area is 201 Å².